The Morgan fingerprint density at radius 2 is 1.41 bits per heavy atom. The molecule has 0 fully saturated rings. The van der Waals surface area contributed by atoms with Crippen LogP contribution in [0.2, 0.25) is 0 Å². The van der Waals surface area contributed by atoms with E-state index in [0.29, 0.717) is 22.9 Å². The maximum Gasteiger partial charge on any atom is 0.262 e. The lowest BCUT2D eigenvalue weighted by Crippen LogP contribution is -2.13. The zero-order chi connectivity index (χ0) is 16.2. The molecule has 1 N–H and O–H groups in total. The molecule has 2 aromatic carbocycles. The Hall–Kier alpha value is -2.41. The maximum atomic E-state index is 12.4. The molecular formula is C15H17NO5S. The van der Waals surface area contributed by atoms with Crippen molar-refractivity contribution in [1.29, 1.82) is 0 Å². The third-order valence-electron chi connectivity index (χ3n) is 3.02. The van der Waals surface area contributed by atoms with Crippen LogP contribution in [-0.4, -0.2) is 29.7 Å². The highest BCUT2D eigenvalue weighted by molar-refractivity contribution is 7.92. The molecule has 0 heterocycles. The van der Waals surface area contributed by atoms with Gasteiger partial charge >= 0.3 is 0 Å². The van der Waals surface area contributed by atoms with E-state index in [4.69, 9.17) is 14.2 Å². The number of nitrogens with one attached hydrogen (secondary N) is 1. The van der Waals surface area contributed by atoms with Gasteiger partial charge in [-0.1, -0.05) is 0 Å². The van der Waals surface area contributed by atoms with Crippen molar-refractivity contribution in [3.8, 4) is 17.2 Å². The lowest BCUT2D eigenvalue weighted by Gasteiger charge is -2.13. The monoisotopic (exact) mass is 323 g/mol. The molecule has 0 saturated carbocycles. The fourth-order valence-corrected chi connectivity index (χ4v) is 2.91. The summed E-state index contributed by atoms with van der Waals surface area (Å²) in [6.45, 7) is 0. The van der Waals surface area contributed by atoms with Gasteiger partial charge in [-0.05, 0) is 36.4 Å². The second-order valence-corrected chi connectivity index (χ2v) is 6.03. The predicted molar refractivity (Wildman–Crippen MR) is 83.3 cm³/mol. The van der Waals surface area contributed by atoms with Crippen LogP contribution in [0.4, 0.5) is 5.69 Å². The van der Waals surface area contributed by atoms with Crippen LogP contribution in [-0.2, 0) is 10.0 Å². The molecule has 0 aliphatic carbocycles. The van der Waals surface area contributed by atoms with Crippen LogP contribution in [0.15, 0.2) is 47.4 Å². The molecule has 0 aliphatic heterocycles. The first-order chi connectivity index (χ1) is 10.5. The fraction of sp³-hybridized carbons (Fsp3) is 0.200. The molecule has 118 valence electrons. The molecule has 0 bridgehead atoms. The average Bonchev–Trinajstić information content (AvgIpc) is 2.54. The van der Waals surface area contributed by atoms with Crippen LogP contribution in [0.25, 0.3) is 0 Å². The van der Waals surface area contributed by atoms with E-state index in [2.05, 4.69) is 4.72 Å². The Labute approximate surface area is 129 Å². The first kappa shape index (κ1) is 16.0. The van der Waals surface area contributed by atoms with Crippen LogP contribution in [0.3, 0.4) is 0 Å². The minimum absolute atomic E-state index is 0.123. The van der Waals surface area contributed by atoms with Gasteiger partial charge in [0.25, 0.3) is 10.0 Å². The zero-order valence-corrected chi connectivity index (χ0v) is 13.3. The van der Waals surface area contributed by atoms with E-state index in [-0.39, 0.29) is 4.90 Å². The predicted octanol–water partition coefficient (Wildman–Crippen LogP) is 2.51. The molecule has 0 radical (unpaired) electrons. The van der Waals surface area contributed by atoms with Crippen LogP contribution >= 0.6 is 0 Å². The minimum Gasteiger partial charge on any atom is -0.497 e. The Morgan fingerprint density at radius 1 is 0.818 bits per heavy atom. The van der Waals surface area contributed by atoms with Crippen LogP contribution in [0.1, 0.15) is 0 Å². The summed E-state index contributed by atoms with van der Waals surface area (Å²) in [4.78, 5) is 0.123. The Bertz CT molecular complexity index is 741. The highest BCUT2D eigenvalue weighted by atomic mass is 32.2. The number of ether oxygens (including phenoxy) is 3. The summed E-state index contributed by atoms with van der Waals surface area (Å²) in [6.07, 6.45) is 0. The van der Waals surface area contributed by atoms with Gasteiger partial charge in [0.15, 0.2) is 0 Å². The Morgan fingerprint density at radius 3 is 1.95 bits per heavy atom. The van der Waals surface area contributed by atoms with Gasteiger partial charge in [0, 0.05) is 6.07 Å². The quantitative estimate of drug-likeness (QED) is 0.884. The molecule has 0 saturated heterocycles. The lowest BCUT2D eigenvalue weighted by atomic mass is 10.3. The van der Waals surface area contributed by atoms with E-state index in [1.54, 1.807) is 30.3 Å². The smallest absolute Gasteiger partial charge is 0.262 e. The van der Waals surface area contributed by atoms with Crippen LogP contribution in [0, 0.1) is 0 Å². The molecule has 0 amide bonds. The van der Waals surface area contributed by atoms with Gasteiger partial charge in [-0.15, -0.1) is 0 Å². The SMILES string of the molecule is COc1ccc(S(=O)(=O)Nc2cc(OC)ccc2OC)cc1. The molecule has 2 rings (SSSR count). The number of hydrogen-bond donors (Lipinski definition) is 1. The van der Waals surface area contributed by atoms with Gasteiger partial charge in [-0.25, -0.2) is 8.42 Å². The van der Waals surface area contributed by atoms with Gasteiger partial charge in [-0.3, -0.25) is 4.72 Å². The highest BCUT2D eigenvalue weighted by Crippen LogP contribution is 2.31. The van der Waals surface area contributed by atoms with E-state index in [1.165, 1.54) is 33.5 Å². The lowest BCUT2D eigenvalue weighted by molar-refractivity contribution is 0.405. The van der Waals surface area contributed by atoms with Crippen LogP contribution in [0.5, 0.6) is 17.2 Å². The van der Waals surface area contributed by atoms with E-state index in [1.807, 2.05) is 0 Å². The Balaban J connectivity index is 2.35. The number of methoxy groups -OCH3 is 3. The van der Waals surface area contributed by atoms with Gasteiger partial charge in [0.2, 0.25) is 0 Å². The van der Waals surface area contributed by atoms with E-state index in [0.717, 1.165) is 0 Å². The second kappa shape index (κ2) is 6.57. The van der Waals surface area contributed by atoms with E-state index in [9.17, 15) is 8.42 Å². The number of benzene rings is 2. The fourth-order valence-electron chi connectivity index (χ4n) is 1.85. The summed E-state index contributed by atoms with van der Waals surface area (Å²) in [7, 11) is 0.749. The van der Waals surface area contributed by atoms with E-state index >= 15 is 0 Å². The summed E-state index contributed by atoms with van der Waals surface area (Å²) >= 11 is 0. The molecule has 7 heteroatoms. The summed E-state index contributed by atoms with van der Waals surface area (Å²) in [5.74, 6) is 1.50. The topological polar surface area (TPSA) is 73.9 Å². The third-order valence-corrected chi connectivity index (χ3v) is 4.40. The van der Waals surface area contributed by atoms with Gasteiger partial charge in [0.05, 0.1) is 31.9 Å². The Kier molecular flexibility index (Phi) is 4.77. The van der Waals surface area contributed by atoms with Crippen molar-refractivity contribution >= 4 is 15.7 Å². The molecule has 0 spiro atoms. The number of rotatable bonds is 6. The van der Waals surface area contributed by atoms with Crippen molar-refractivity contribution in [2.24, 2.45) is 0 Å². The summed E-state index contributed by atoms with van der Waals surface area (Å²) in [5.41, 5.74) is 0.303. The average molecular weight is 323 g/mol. The van der Waals surface area contributed by atoms with Crippen molar-refractivity contribution in [2.45, 2.75) is 4.90 Å². The molecule has 0 aromatic heterocycles. The number of anilines is 1. The molecule has 6 nitrogen and oxygen atoms in total. The second-order valence-electron chi connectivity index (χ2n) is 4.35. The van der Waals surface area contributed by atoms with Gasteiger partial charge in [0.1, 0.15) is 17.2 Å². The molecule has 2 aromatic rings. The number of hydrogen-bond acceptors (Lipinski definition) is 5. The molecule has 0 aliphatic rings. The standard InChI is InChI=1S/C15H17NO5S/c1-19-11-4-7-13(8-5-11)22(17,18)16-14-10-12(20-2)6-9-15(14)21-3/h4-10,16H,1-3H3. The first-order valence-corrected chi connectivity index (χ1v) is 7.87. The molecule has 0 unspecified atom stereocenters. The van der Waals surface area contributed by atoms with Crippen LogP contribution < -0.4 is 18.9 Å². The van der Waals surface area contributed by atoms with Crippen molar-refractivity contribution in [3.63, 3.8) is 0 Å². The summed E-state index contributed by atoms with van der Waals surface area (Å²) in [6, 6.07) is 11.0. The van der Waals surface area contributed by atoms with Gasteiger partial charge in [-0.2, -0.15) is 0 Å². The van der Waals surface area contributed by atoms with Crippen molar-refractivity contribution in [2.75, 3.05) is 26.1 Å². The zero-order valence-electron chi connectivity index (χ0n) is 12.5. The van der Waals surface area contributed by atoms with Gasteiger partial charge < -0.3 is 14.2 Å². The minimum atomic E-state index is -3.74. The summed E-state index contributed by atoms with van der Waals surface area (Å²) in [5, 5.41) is 0. The highest BCUT2D eigenvalue weighted by Gasteiger charge is 2.17. The normalized spacial score (nSPS) is 10.9. The number of sulfonamides is 1. The molecule has 0 atom stereocenters. The van der Waals surface area contributed by atoms with E-state index < -0.39 is 10.0 Å². The molecular weight excluding hydrogens is 306 g/mol. The first-order valence-electron chi connectivity index (χ1n) is 6.39. The van der Waals surface area contributed by atoms with Crippen molar-refractivity contribution in [3.05, 3.63) is 42.5 Å². The van der Waals surface area contributed by atoms with Crippen molar-refractivity contribution in [1.82, 2.24) is 0 Å². The largest absolute Gasteiger partial charge is 0.497 e. The summed E-state index contributed by atoms with van der Waals surface area (Å²) < 4.78 is 42.6. The third kappa shape index (κ3) is 3.43. The maximum absolute atomic E-state index is 12.4. The molecule has 22 heavy (non-hydrogen) atoms. The van der Waals surface area contributed by atoms with Crippen molar-refractivity contribution < 1.29 is 22.6 Å².